The molecule has 65 heavy (non-hydrogen) atoms. The lowest BCUT2D eigenvalue weighted by Gasteiger charge is -2.47. The molecule has 7 aromatic carbocycles. The molecule has 2 aliphatic carbocycles. The predicted octanol–water partition coefficient (Wildman–Crippen LogP) is 15.6. The third-order valence-electron chi connectivity index (χ3n) is 16.2. The molecule has 4 aliphatic rings. The van der Waals surface area contributed by atoms with Crippen LogP contribution in [0.4, 0.5) is 28.4 Å². The third-order valence-corrected chi connectivity index (χ3v) is 16.2. The van der Waals surface area contributed by atoms with Crippen molar-refractivity contribution in [2.75, 3.05) is 9.71 Å². The number of fused-ring (bicyclic) bond motifs is 12. The molecule has 3 nitrogen and oxygen atoms in total. The molecule has 0 atom stereocenters. The molecule has 3 heterocycles. The normalized spacial score (nSPS) is 16.8. The van der Waals surface area contributed by atoms with Gasteiger partial charge in [0.2, 0.25) is 0 Å². The summed E-state index contributed by atoms with van der Waals surface area (Å²) in [5.74, 6) is 0. The highest BCUT2D eigenvalue weighted by Gasteiger charge is 2.50. The second-order valence-electron chi connectivity index (χ2n) is 21.6. The summed E-state index contributed by atoms with van der Waals surface area (Å²) < 4.78 is 7.14. The maximum absolute atomic E-state index is 7.14. The number of para-hydroxylation sites is 1. The topological polar surface area (TPSA) is 19.6 Å². The first-order valence-corrected chi connectivity index (χ1v) is 24.6. The van der Waals surface area contributed by atoms with E-state index in [9.17, 15) is 0 Å². The second-order valence-corrected chi connectivity index (χ2v) is 21.6. The van der Waals surface area contributed by atoms with Gasteiger partial charge in [0, 0.05) is 50.2 Å². The van der Waals surface area contributed by atoms with E-state index in [2.05, 4.69) is 192 Å². The summed E-state index contributed by atoms with van der Waals surface area (Å²) in [7, 11) is 0. The first-order valence-electron chi connectivity index (χ1n) is 24.6. The quantitative estimate of drug-likeness (QED) is 0.142. The fourth-order valence-electron chi connectivity index (χ4n) is 12.6. The molecule has 8 aromatic rings. The lowest BCUT2D eigenvalue weighted by Crippen LogP contribution is -2.62. The van der Waals surface area contributed by atoms with Crippen molar-refractivity contribution in [3.05, 3.63) is 161 Å². The summed E-state index contributed by atoms with van der Waals surface area (Å²) in [4.78, 5) is 5.30. The van der Waals surface area contributed by atoms with Gasteiger partial charge >= 0.3 is 6.85 Å². The second kappa shape index (κ2) is 14.5. The Labute approximate surface area is 386 Å². The maximum atomic E-state index is 7.14. The minimum atomic E-state index is -0.235. The Hall–Kier alpha value is -6.00. The average molecular weight is 849 g/mol. The van der Waals surface area contributed by atoms with E-state index in [1.807, 2.05) is 0 Å². The molecule has 1 aromatic heterocycles. The van der Waals surface area contributed by atoms with Crippen molar-refractivity contribution in [2.45, 2.75) is 123 Å². The summed E-state index contributed by atoms with van der Waals surface area (Å²) in [6.45, 7) is 19.1. The zero-order valence-corrected chi connectivity index (χ0v) is 39.7. The summed E-state index contributed by atoms with van der Waals surface area (Å²) in [6, 6.07) is 49.7. The van der Waals surface area contributed by atoms with Gasteiger partial charge in [-0.3, -0.25) is 0 Å². The standard InChI is InChI=1S/C61H61BN2O/c1-9-11-18-38-24-27-40(28-25-38)63-51-29-26-39(19-12-10-2)32-50(51)62-58-53(63)35-45-42-22-16-17-23-47(42)61(7,8)57(45)56(58)46-36-54-44(34-52(46)64(62)41-20-14-13-15-21-41)43-33-48-49(37-55(43)65-54)60(5,6)31-30-59(48,3)4/h13-17,20-29,32-37H,9-12,18-19,30-31H2,1-8H3. The van der Waals surface area contributed by atoms with Gasteiger partial charge < -0.3 is 14.1 Å². The van der Waals surface area contributed by atoms with Gasteiger partial charge in [0.15, 0.2) is 0 Å². The monoisotopic (exact) mass is 848 g/mol. The van der Waals surface area contributed by atoms with E-state index in [-0.39, 0.29) is 23.1 Å². The van der Waals surface area contributed by atoms with Crippen LogP contribution >= 0.6 is 0 Å². The molecule has 2 aliphatic heterocycles. The first-order chi connectivity index (χ1) is 31.4. The number of anilines is 5. The first kappa shape index (κ1) is 40.5. The molecule has 0 bridgehead atoms. The molecular formula is C61H61BN2O. The summed E-state index contributed by atoms with van der Waals surface area (Å²) in [5.41, 5.74) is 24.6. The average Bonchev–Trinajstić information content (AvgIpc) is 3.78. The molecule has 0 N–H and O–H groups in total. The van der Waals surface area contributed by atoms with Crippen molar-refractivity contribution in [1.82, 2.24) is 0 Å². The smallest absolute Gasteiger partial charge is 0.333 e. The number of nitrogens with zero attached hydrogens (tertiary/aromatic N) is 2. The number of hydrogen-bond acceptors (Lipinski definition) is 3. The van der Waals surface area contributed by atoms with Gasteiger partial charge in [-0.1, -0.05) is 135 Å². The Morgan fingerprint density at radius 1 is 0.538 bits per heavy atom. The molecule has 12 rings (SSSR count). The van der Waals surface area contributed by atoms with E-state index in [1.54, 1.807) is 0 Å². The molecule has 0 saturated heterocycles. The van der Waals surface area contributed by atoms with Gasteiger partial charge in [0.05, 0.1) is 0 Å². The third kappa shape index (κ3) is 5.94. The SMILES string of the molecule is CCCCc1ccc(N2c3ccc(CCCC)cc3B3c4c2cc2c(c4-c4cc5oc6cc7c(cc6c5cc4N3c3ccccc3)C(C)(C)CCC7(C)C)C(C)(C)c3ccccc3-2)cc1. The molecule has 0 spiro atoms. The van der Waals surface area contributed by atoms with E-state index >= 15 is 0 Å². The van der Waals surface area contributed by atoms with E-state index in [1.165, 1.54) is 144 Å². The Bertz CT molecular complexity index is 3220. The van der Waals surface area contributed by atoms with Crippen molar-refractivity contribution in [1.29, 1.82) is 0 Å². The van der Waals surface area contributed by atoms with Gasteiger partial charge in [-0.25, -0.2) is 0 Å². The van der Waals surface area contributed by atoms with Crippen molar-refractivity contribution >= 4 is 68.1 Å². The summed E-state index contributed by atoms with van der Waals surface area (Å²) in [5, 5.41) is 2.41. The van der Waals surface area contributed by atoms with Gasteiger partial charge in [-0.15, -0.1) is 0 Å². The zero-order valence-electron chi connectivity index (χ0n) is 39.7. The fourth-order valence-corrected chi connectivity index (χ4v) is 12.6. The Morgan fingerprint density at radius 3 is 1.92 bits per heavy atom. The van der Waals surface area contributed by atoms with Crippen LogP contribution < -0.4 is 20.6 Å². The van der Waals surface area contributed by atoms with Crippen molar-refractivity contribution in [3.63, 3.8) is 0 Å². The molecule has 0 fully saturated rings. The van der Waals surface area contributed by atoms with E-state index < -0.39 is 0 Å². The fraction of sp³-hybridized carbons (Fsp3) is 0.311. The summed E-state index contributed by atoms with van der Waals surface area (Å²) in [6.07, 6.45) is 9.25. The van der Waals surface area contributed by atoms with Gasteiger partial charge in [0.25, 0.3) is 0 Å². The zero-order chi connectivity index (χ0) is 44.6. The Balaban J connectivity index is 1.22. The number of aryl methyl sites for hydroxylation is 2. The van der Waals surface area contributed by atoms with Crippen LogP contribution in [0.15, 0.2) is 132 Å². The van der Waals surface area contributed by atoms with Crippen LogP contribution in [0.2, 0.25) is 0 Å². The Kier molecular flexibility index (Phi) is 9.04. The maximum Gasteiger partial charge on any atom is 0.333 e. The number of benzene rings is 7. The molecule has 0 unspecified atom stereocenters. The van der Waals surface area contributed by atoms with Crippen molar-refractivity contribution in [3.8, 4) is 22.3 Å². The molecule has 0 radical (unpaired) electrons. The van der Waals surface area contributed by atoms with Gasteiger partial charge in [-0.05, 0) is 171 Å². The van der Waals surface area contributed by atoms with E-state index in [0.717, 1.165) is 24.0 Å². The molecular weight excluding hydrogens is 787 g/mol. The van der Waals surface area contributed by atoms with Crippen molar-refractivity contribution < 1.29 is 4.42 Å². The number of hydrogen-bond donors (Lipinski definition) is 0. The number of unbranched alkanes of at least 4 members (excludes halogenated alkanes) is 2. The lowest BCUT2D eigenvalue weighted by atomic mass is 9.42. The molecule has 324 valence electrons. The van der Waals surface area contributed by atoms with Crippen LogP contribution in [0, 0.1) is 0 Å². The minimum absolute atomic E-state index is 0.0699. The molecule has 4 heteroatoms. The van der Waals surface area contributed by atoms with Crippen LogP contribution in [-0.4, -0.2) is 6.85 Å². The Morgan fingerprint density at radius 2 is 1.18 bits per heavy atom. The van der Waals surface area contributed by atoms with Crippen molar-refractivity contribution in [2.24, 2.45) is 0 Å². The van der Waals surface area contributed by atoms with Gasteiger partial charge in [0.1, 0.15) is 11.2 Å². The molecule has 0 saturated carbocycles. The minimum Gasteiger partial charge on any atom is -0.456 e. The van der Waals surface area contributed by atoms with Crippen LogP contribution in [-0.2, 0) is 29.1 Å². The van der Waals surface area contributed by atoms with Gasteiger partial charge in [-0.2, -0.15) is 0 Å². The van der Waals surface area contributed by atoms with Crippen LogP contribution in [0.1, 0.15) is 127 Å². The largest absolute Gasteiger partial charge is 0.456 e. The molecule has 0 amide bonds. The van der Waals surface area contributed by atoms with E-state index in [4.69, 9.17) is 4.42 Å². The highest BCUT2D eigenvalue weighted by Crippen LogP contribution is 2.58. The van der Waals surface area contributed by atoms with Crippen LogP contribution in [0.3, 0.4) is 0 Å². The highest BCUT2D eigenvalue weighted by molar-refractivity contribution is 6.93. The summed E-state index contributed by atoms with van der Waals surface area (Å²) >= 11 is 0. The van der Waals surface area contributed by atoms with Crippen LogP contribution in [0.25, 0.3) is 44.2 Å². The number of rotatable bonds is 8. The highest BCUT2D eigenvalue weighted by atomic mass is 16.3. The predicted molar refractivity (Wildman–Crippen MR) is 278 cm³/mol. The lowest BCUT2D eigenvalue weighted by molar-refractivity contribution is 0.332. The van der Waals surface area contributed by atoms with E-state index in [0.29, 0.717) is 0 Å². The number of furan rings is 1. The van der Waals surface area contributed by atoms with Crippen LogP contribution in [0.5, 0.6) is 0 Å².